The van der Waals surface area contributed by atoms with E-state index in [1.54, 1.807) is 11.3 Å². The van der Waals surface area contributed by atoms with Crippen molar-refractivity contribution in [3.8, 4) is 85.4 Å². The molecule has 0 fully saturated rings. The molecule has 0 spiro atoms. The van der Waals surface area contributed by atoms with Gasteiger partial charge in [0.1, 0.15) is 0 Å². The minimum absolute atomic E-state index is 0.543. The molecule has 0 aliphatic carbocycles. The summed E-state index contributed by atoms with van der Waals surface area (Å²) >= 11 is 5.42. The molecule has 0 aliphatic rings. The highest BCUT2D eigenvalue weighted by molar-refractivity contribution is 7.27. The third kappa shape index (κ3) is 8.67. The third-order valence-corrected chi connectivity index (χ3v) is 24.0. The number of aromatic nitrogens is 9. The van der Waals surface area contributed by atoms with Gasteiger partial charge in [-0.2, -0.15) is 19.9 Å². The normalized spacial score (nSPS) is 12.1. The summed E-state index contributed by atoms with van der Waals surface area (Å²) in [5.74, 6) is 3.47. The third-order valence-electron chi connectivity index (χ3n) is 20.4. The molecule has 0 saturated heterocycles. The van der Waals surface area contributed by atoms with Crippen molar-refractivity contribution in [2.75, 3.05) is 0 Å². The summed E-state index contributed by atoms with van der Waals surface area (Å²) in [7, 11) is 0. The van der Waals surface area contributed by atoms with Crippen molar-refractivity contribution in [2.45, 2.75) is 0 Å². The van der Waals surface area contributed by atoms with Gasteiger partial charge in [0.15, 0.2) is 23.3 Å². The Morgan fingerprint density at radius 1 is 0.216 bits per heavy atom. The lowest BCUT2D eigenvalue weighted by molar-refractivity contribution is 0.955. The fourth-order valence-electron chi connectivity index (χ4n) is 15.8. The molecule has 0 amide bonds. The molecule has 0 atom stereocenters. The van der Waals surface area contributed by atoms with Crippen LogP contribution in [0.3, 0.4) is 0 Å². The van der Waals surface area contributed by atoms with E-state index in [4.69, 9.17) is 29.9 Å². The first kappa shape index (κ1) is 57.1. The Hall–Kier alpha value is -12.8. The lowest BCUT2D eigenvalue weighted by Gasteiger charge is -2.14. The second-order valence-electron chi connectivity index (χ2n) is 26.1. The highest BCUT2D eigenvalue weighted by atomic mass is 32.1. The monoisotopic (exact) mass is 1350 g/mol. The molecule has 22 aromatic rings. The van der Waals surface area contributed by atoms with Crippen LogP contribution >= 0.6 is 34.0 Å². The van der Waals surface area contributed by atoms with Crippen molar-refractivity contribution in [2.24, 2.45) is 0 Å². The van der Waals surface area contributed by atoms with E-state index < -0.39 is 0 Å². The number of para-hydroxylation sites is 3. The van der Waals surface area contributed by atoms with Crippen LogP contribution in [0.5, 0.6) is 0 Å². The van der Waals surface area contributed by atoms with Crippen molar-refractivity contribution in [1.29, 1.82) is 0 Å². The van der Waals surface area contributed by atoms with Gasteiger partial charge in [-0.3, -0.25) is 9.13 Å². The maximum Gasteiger partial charge on any atom is 0.238 e. The largest absolute Gasteiger partial charge is 0.309 e. The molecule has 0 radical (unpaired) electrons. The molecule has 0 N–H and O–H groups in total. The average Bonchev–Trinajstić information content (AvgIpc) is 1.53. The standard InChI is InChI=1S/C90H51N9S3/c1-3-21-52(22-4-1)53-41-43-55(44-42-53)86-92-88(69-34-20-33-66-62-29-10-16-38-76(62)100-82(66)69)96-90(94-86)99-74-37-15-9-32-68(74)79-70(51-71-64-31-12-18-40-78(64)102-84(71)81(79)99)56-25-19-26-58(49-56)97-72-35-13-7-27-59(72)61-46-45-57(50-75(61)97)87-91-85(54-23-5-2-6-24-54)93-89(95-87)98-73-36-14-8-28-60(73)65-47-48-67-63-30-11-17-39-77(63)101-83(67)80(65)98/h1-51H. The summed E-state index contributed by atoms with van der Waals surface area (Å²) in [4.78, 5) is 33.1. The predicted octanol–water partition coefficient (Wildman–Crippen LogP) is 24.5. The topological polar surface area (TPSA) is 92.1 Å². The van der Waals surface area contributed by atoms with Crippen LogP contribution in [0.4, 0.5) is 0 Å². The molecule has 8 aromatic heterocycles. The van der Waals surface area contributed by atoms with Crippen LogP contribution in [0.25, 0.3) is 211 Å². The van der Waals surface area contributed by atoms with E-state index in [0.717, 1.165) is 130 Å². The lowest BCUT2D eigenvalue weighted by atomic mass is 9.96. The Morgan fingerprint density at radius 3 is 1.32 bits per heavy atom. The van der Waals surface area contributed by atoms with E-state index in [1.807, 2.05) is 40.9 Å². The molecule has 102 heavy (non-hydrogen) atoms. The van der Waals surface area contributed by atoms with E-state index in [0.29, 0.717) is 35.2 Å². The van der Waals surface area contributed by atoms with Gasteiger partial charge in [0.05, 0.1) is 42.5 Å². The van der Waals surface area contributed by atoms with Gasteiger partial charge in [-0.25, -0.2) is 9.97 Å². The van der Waals surface area contributed by atoms with Crippen LogP contribution in [0.1, 0.15) is 0 Å². The molecular formula is C90H51N9S3. The predicted molar refractivity (Wildman–Crippen MR) is 428 cm³/mol. The van der Waals surface area contributed by atoms with Gasteiger partial charge in [0.25, 0.3) is 0 Å². The highest BCUT2D eigenvalue weighted by Gasteiger charge is 2.28. The number of hydrogen-bond acceptors (Lipinski definition) is 9. The number of rotatable bonds is 9. The minimum atomic E-state index is 0.543. The number of thiophene rings is 3. The number of benzene rings is 14. The molecule has 0 aliphatic heterocycles. The summed E-state index contributed by atoms with van der Waals surface area (Å²) in [5.41, 5.74) is 15.4. The Balaban J connectivity index is 0.757. The highest BCUT2D eigenvalue weighted by Crippen LogP contribution is 2.50. The molecule has 474 valence electrons. The van der Waals surface area contributed by atoms with Crippen molar-refractivity contribution in [3.05, 3.63) is 309 Å². The Morgan fingerprint density at radius 2 is 0.637 bits per heavy atom. The summed E-state index contributed by atoms with van der Waals surface area (Å²) in [5, 5.41) is 14.0. The van der Waals surface area contributed by atoms with Crippen molar-refractivity contribution >= 4 is 160 Å². The molecule has 9 nitrogen and oxygen atoms in total. The van der Waals surface area contributed by atoms with E-state index in [1.165, 1.54) is 45.7 Å². The minimum Gasteiger partial charge on any atom is -0.309 e. The molecule has 8 heterocycles. The first-order valence-electron chi connectivity index (χ1n) is 34.1. The quantitative estimate of drug-likeness (QED) is 0.143. The van der Waals surface area contributed by atoms with Crippen LogP contribution in [-0.2, 0) is 0 Å². The molecule has 14 aromatic carbocycles. The Bertz CT molecular complexity index is 7260. The SMILES string of the molecule is c1ccc(-c2ccc(-c3nc(-c4cccc5c4sc4ccccc45)nc(-n4c5ccccc5c5c(-c6cccc(-n7c8ccccc8c8ccc(-c9nc(-c%10ccccc%10)nc(-n%10c%11ccccc%11c%11ccc%12c%13ccccc%13sc%12c%11%10)n9)cc87)c6)cc6c7ccccc7sc6c54)n3)cc2)cc1. The van der Waals surface area contributed by atoms with Crippen molar-refractivity contribution in [3.63, 3.8) is 0 Å². The smallest absolute Gasteiger partial charge is 0.238 e. The maximum atomic E-state index is 5.67. The zero-order chi connectivity index (χ0) is 66.7. The fraction of sp³-hybridized carbons (Fsp3) is 0. The van der Waals surface area contributed by atoms with Gasteiger partial charge in [0, 0.05) is 111 Å². The van der Waals surface area contributed by atoms with E-state index in [-0.39, 0.29) is 0 Å². The van der Waals surface area contributed by atoms with Gasteiger partial charge >= 0.3 is 0 Å². The number of fused-ring (bicyclic) bond motifs is 20. The van der Waals surface area contributed by atoms with E-state index in [2.05, 4.69) is 305 Å². The second kappa shape index (κ2) is 22.3. The summed E-state index contributed by atoms with van der Waals surface area (Å²) in [6.45, 7) is 0. The summed E-state index contributed by atoms with van der Waals surface area (Å²) in [6.07, 6.45) is 0. The Labute approximate surface area is 594 Å². The van der Waals surface area contributed by atoms with Crippen molar-refractivity contribution in [1.82, 2.24) is 43.6 Å². The molecule has 22 rings (SSSR count). The van der Waals surface area contributed by atoms with Gasteiger partial charge in [-0.1, -0.05) is 243 Å². The number of nitrogens with zero attached hydrogens (tertiary/aromatic N) is 9. The van der Waals surface area contributed by atoms with Gasteiger partial charge in [-0.05, 0) is 89.0 Å². The molecule has 0 saturated carbocycles. The zero-order valence-electron chi connectivity index (χ0n) is 54.2. The Kier molecular flexibility index (Phi) is 12.5. The van der Waals surface area contributed by atoms with Crippen LogP contribution in [0.2, 0.25) is 0 Å². The van der Waals surface area contributed by atoms with Crippen LogP contribution in [0.15, 0.2) is 309 Å². The first-order valence-corrected chi connectivity index (χ1v) is 36.5. The van der Waals surface area contributed by atoms with Crippen LogP contribution in [-0.4, -0.2) is 43.6 Å². The van der Waals surface area contributed by atoms with Gasteiger partial charge in [0.2, 0.25) is 11.9 Å². The maximum absolute atomic E-state index is 5.67. The zero-order valence-corrected chi connectivity index (χ0v) is 56.6. The molecular weight excluding hydrogens is 1300 g/mol. The first-order chi connectivity index (χ1) is 50.6. The molecule has 0 unspecified atom stereocenters. The van der Waals surface area contributed by atoms with Gasteiger partial charge < -0.3 is 4.57 Å². The summed E-state index contributed by atoms with van der Waals surface area (Å²) in [6, 6.07) is 111. The summed E-state index contributed by atoms with van der Waals surface area (Å²) < 4.78 is 14.2. The lowest BCUT2D eigenvalue weighted by Crippen LogP contribution is -2.06. The van der Waals surface area contributed by atoms with Crippen LogP contribution in [0, 0.1) is 0 Å². The average molecular weight is 1350 g/mol. The second-order valence-corrected chi connectivity index (χ2v) is 29.2. The number of hydrogen-bond donors (Lipinski definition) is 0. The van der Waals surface area contributed by atoms with Gasteiger partial charge in [-0.15, -0.1) is 34.0 Å². The van der Waals surface area contributed by atoms with E-state index in [9.17, 15) is 0 Å². The molecule has 12 heteroatoms. The fourth-order valence-corrected chi connectivity index (χ4v) is 19.5. The molecule has 0 bridgehead atoms. The van der Waals surface area contributed by atoms with Crippen LogP contribution < -0.4 is 0 Å². The van der Waals surface area contributed by atoms with E-state index >= 15 is 0 Å². The van der Waals surface area contributed by atoms with Crippen molar-refractivity contribution < 1.29 is 0 Å².